The number of nitrogens with two attached hydrogens (primary N) is 1. The first kappa shape index (κ1) is 14.2. The number of hydrogen-bond donors (Lipinski definition) is 2. The molecule has 0 saturated carbocycles. The molecule has 0 aliphatic rings. The lowest BCUT2D eigenvalue weighted by molar-refractivity contribution is -0.121. The molecule has 0 heterocycles. The van der Waals surface area contributed by atoms with Gasteiger partial charge < -0.3 is 10.5 Å². The van der Waals surface area contributed by atoms with Crippen molar-refractivity contribution in [2.75, 3.05) is 0 Å². The van der Waals surface area contributed by atoms with Crippen molar-refractivity contribution in [3.05, 3.63) is 35.9 Å². The molecule has 3 N–H and O–H groups in total. The van der Waals surface area contributed by atoms with E-state index in [-0.39, 0.29) is 6.61 Å². The highest BCUT2D eigenvalue weighted by atomic mass is 16.5. The van der Waals surface area contributed by atoms with Crippen LogP contribution in [0.4, 0.5) is 4.79 Å². The largest absolute Gasteiger partial charge is 0.444 e. The third-order valence-corrected chi connectivity index (χ3v) is 2.37. The molecule has 0 aliphatic heterocycles. The van der Waals surface area contributed by atoms with E-state index in [1.807, 2.05) is 37.3 Å². The van der Waals surface area contributed by atoms with Crippen LogP contribution in [-0.4, -0.2) is 18.0 Å². The zero-order valence-corrected chi connectivity index (χ0v) is 10.4. The minimum Gasteiger partial charge on any atom is -0.444 e. The molecular formula is C13H18N2O3. The fourth-order valence-corrected chi connectivity index (χ4v) is 1.39. The van der Waals surface area contributed by atoms with Crippen LogP contribution in [0.2, 0.25) is 0 Å². The van der Waals surface area contributed by atoms with Crippen LogP contribution in [0.5, 0.6) is 0 Å². The second kappa shape index (κ2) is 7.45. The first-order valence-corrected chi connectivity index (χ1v) is 5.90. The van der Waals surface area contributed by atoms with Gasteiger partial charge in [-0.15, -0.1) is 0 Å². The van der Waals surface area contributed by atoms with E-state index >= 15 is 0 Å². The van der Waals surface area contributed by atoms with E-state index in [4.69, 9.17) is 10.5 Å². The summed E-state index contributed by atoms with van der Waals surface area (Å²) in [7, 11) is 0. The van der Waals surface area contributed by atoms with Gasteiger partial charge in [0, 0.05) is 0 Å². The lowest BCUT2D eigenvalue weighted by atomic mass is 10.2. The number of carbonyl (C=O) groups is 2. The molecule has 2 amide bonds. The number of carbonyl (C=O) groups excluding carboxylic acids is 2. The number of alkyl carbamates (subject to hydrolysis) is 1. The van der Waals surface area contributed by atoms with Crippen LogP contribution in [0.1, 0.15) is 25.3 Å². The highest BCUT2D eigenvalue weighted by molar-refractivity contribution is 5.94. The van der Waals surface area contributed by atoms with E-state index in [0.717, 1.165) is 12.0 Å². The third kappa shape index (κ3) is 4.97. The first-order valence-electron chi connectivity index (χ1n) is 5.90. The highest BCUT2D eigenvalue weighted by Gasteiger charge is 2.15. The van der Waals surface area contributed by atoms with Gasteiger partial charge >= 0.3 is 6.09 Å². The maximum atomic E-state index is 11.4. The minimum absolute atomic E-state index is 0.128. The average Bonchev–Trinajstić information content (AvgIpc) is 2.38. The Labute approximate surface area is 106 Å². The third-order valence-electron chi connectivity index (χ3n) is 2.37. The second-order valence-electron chi connectivity index (χ2n) is 3.95. The molecule has 1 rings (SSSR count). The molecule has 1 atom stereocenters. The summed E-state index contributed by atoms with van der Waals surface area (Å²) < 4.78 is 4.90. The molecule has 0 fully saturated rings. The predicted octanol–water partition coefficient (Wildman–Crippen LogP) is 1.57. The van der Waals surface area contributed by atoms with Crippen molar-refractivity contribution in [1.29, 1.82) is 0 Å². The maximum Gasteiger partial charge on any atom is 0.414 e. The lowest BCUT2D eigenvalue weighted by Crippen LogP contribution is -2.43. The Morgan fingerprint density at radius 2 is 2.00 bits per heavy atom. The zero-order valence-electron chi connectivity index (χ0n) is 10.4. The van der Waals surface area contributed by atoms with Crippen LogP contribution in [0.25, 0.3) is 0 Å². The summed E-state index contributed by atoms with van der Waals surface area (Å²) in [6, 6.07) is 8.56. The Balaban J connectivity index is 2.32. The topological polar surface area (TPSA) is 81.4 Å². The summed E-state index contributed by atoms with van der Waals surface area (Å²) in [4.78, 5) is 22.7. The molecule has 0 radical (unpaired) electrons. The number of amides is 2. The number of hydrogen-bond acceptors (Lipinski definition) is 4. The molecule has 1 aromatic carbocycles. The lowest BCUT2D eigenvalue weighted by Gasteiger charge is -2.10. The fourth-order valence-electron chi connectivity index (χ4n) is 1.39. The molecule has 0 spiro atoms. The van der Waals surface area contributed by atoms with E-state index in [9.17, 15) is 9.59 Å². The molecule has 5 nitrogen and oxygen atoms in total. The number of rotatable bonds is 5. The fraction of sp³-hybridized carbons (Fsp3) is 0.385. The Bertz CT molecular complexity index is 392. The number of ether oxygens (including phenoxy) is 1. The standard InChI is InChI=1S/C13H18N2O3/c1-2-6-11(14)12(16)15-13(17)18-9-10-7-4-3-5-8-10/h3-5,7-8,11H,2,6,9,14H2,1H3,(H,15,16,17). The number of benzene rings is 1. The smallest absolute Gasteiger partial charge is 0.414 e. The molecule has 0 aliphatic carbocycles. The Morgan fingerprint density at radius 3 is 2.61 bits per heavy atom. The number of imide groups is 1. The van der Waals surface area contributed by atoms with Gasteiger partial charge in [-0.1, -0.05) is 43.7 Å². The van der Waals surface area contributed by atoms with Crippen LogP contribution >= 0.6 is 0 Å². The molecule has 1 aromatic rings. The van der Waals surface area contributed by atoms with Gasteiger partial charge in [0.25, 0.3) is 0 Å². The predicted molar refractivity (Wildman–Crippen MR) is 67.7 cm³/mol. The molecule has 5 heteroatoms. The Kier molecular flexibility index (Phi) is 5.87. The van der Waals surface area contributed by atoms with Gasteiger partial charge in [0.1, 0.15) is 6.61 Å². The molecule has 18 heavy (non-hydrogen) atoms. The van der Waals surface area contributed by atoms with Crippen LogP contribution in [0.3, 0.4) is 0 Å². The van der Waals surface area contributed by atoms with Crippen LogP contribution in [0.15, 0.2) is 30.3 Å². The average molecular weight is 250 g/mol. The van der Waals surface area contributed by atoms with Crippen molar-refractivity contribution < 1.29 is 14.3 Å². The van der Waals surface area contributed by atoms with Crippen molar-refractivity contribution in [3.63, 3.8) is 0 Å². The van der Waals surface area contributed by atoms with E-state index in [2.05, 4.69) is 5.32 Å². The van der Waals surface area contributed by atoms with Crippen molar-refractivity contribution >= 4 is 12.0 Å². The van der Waals surface area contributed by atoms with Gasteiger partial charge in [0.15, 0.2) is 0 Å². The van der Waals surface area contributed by atoms with Gasteiger partial charge in [-0.3, -0.25) is 10.1 Å². The van der Waals surface area contributed by atoms with Crippen LogP contribution in [-0.2, 0) is 16.1 Å². The number of nitrogens with one attached hydrogen (secondary N) is 1. The van der Waals surface area contributed by atoms with Crippen LogP contribution < -0.4 is 11.1 Å². The molecular weight excluding hydrogens is 232 g/mol. The Morgan fingerprint density at radius 1 is 1.33 bits per heavy atom. The van der Waals surface area contributed by atoms with E-state index in [1.54, 1.807) is 0 Å². The summed E-state index contributed by atoms with van der Waals surface area (Å²) in [5, 5.41) is 2.11. The van der Waals surface area contributed by atoms with Crippen molar-refractivity contribution in [1.82, 2.24) is 5.32 Å². The van der Waals surface area contributed by atoms with E-state index in [0.29, 0.717) is 6.42 Å². The van der Waals surface area contributed by atoms with Crippen molar-refractivity contribution in [2.45, 2.75) is 32.4 Å². The molecule has 0 saturated heterocycles. The Hall–Kier alpha value is -1.88. The first-order chi connectivity index (χ1) is 8.63. The van der Waals surface area contributed by atoms with Gasteiger partial charge in [-0.05, 0) is 12.0 Å². The second-order valence-corrected chi connectivity index (χ2v) is 3.95. The summed E-state index contributed by atoms with van der Waals surface area (Å²) in [5.74, 6) is -0.505. The van der Waals surface area contributed by atoms with Crippen molar-refractivity contribution in [3.8, 4) is 0 Å². The van der Waals surface area contributed by atoms with Gasteiger partial charge in [-0.2, -0.15) is 0 Å². The minimum atomic E-state index is -0.768. The summed E-state index contributed by atoms with van der Waals surface area (Å²) in [6.07, 6.45) is 0.557. The van der Waals surface area contributed by atoms with Gasteiger partial charge in [0.05, 0.1) is 6.04 Å². The molecule has 1 unspecified atom stereocenters. The van der Waals surface area contributed by atoms with E-state index < -0.39 is 18.0 Å². The summed E-state index contributed by atoms with van der Waals surface area (Å²) >= 11 is 0. The molecule has 0 bridgehead atoms. The normalized spacial score (nSPS) is 11.7. The van der Waals surface area contributed by atoms with Crippen molar-refractivity contribution in [2.24, 2.45) is 5.73 Å². The highest BCUT2D eigenvalue weighted by Crippen LogP contribution is 2.00. The monoisotopic (exact) mass is 250 g/mol. The summed E-state index contributed by atoms with van der Waals surface area (Å²) in [5.41, 5.74) is 6.42. The zero-order chi connectivity index (χ0) is 13.4. The summed E-state index contributed by atoms with van der Waals surface area (Å²) in [6.45, 7) is 2.05. The molecule has 98 valence electrons. The van der Waals surface area contributed by atoms with Crippen LogP contribution in [0, 0.1) is 0 Å². The quantitative estimate of drug-likeness (QED) is 0.831. The molecule has 0 aromatic heterocycles. The SMILES string of the molecule is CCCC(N)C(=O)NC(=O)OCc1ccccc1. The van der Waals surface area contributed by atoms with E-state index in [1.165, 1.54) is 0 Å². The van der Waals surface area contributed by atoms with Gasteiger partial charge in [0.2, 0.25) is 5.91 Å². The maximum absolute atomic E-state index is 11.4. The van der Waals surface area contributed by atoms with Gasteiger partial charge in [-0.25, -0.2) is 4.79 Å².